The molecule has 0 radical (unpaired) electrons. The lowest BCUT2D eigenvalue weighted by atomic mass is 9.88. The molecule has 2 aromatic rings. The fraction of sp³-hybridized carbons (Fsp3) is 0.550. The maximum Gasteiger partial charge on any atom is 0.244 e. The number of nitrogens with one attached hydrogen (secondary N) is 4. The topological polar surface area (TPSA) is 138 Å². The van der Waals surface area contributed by atoms with Gasteiger partial charge in [0, 0.05) is 25.4 Å². The lowest BCUT2D eigenvalue weighted by Gasteiger charge is -2.38. The number of benzene rings is 1. The number of piperidine rings is 1. The monoisotopic (exact) mass is 441 g/mol. The summed E-state index contributed by atoms with van der Waals surface area (Å²) >= 11 is 0. The largest absolute Gasteiger partial charge is 0.494 e. The molecule has 170 valence electrons. The Morgan fingerprint density at radius 2 is 2.09 bits per heavy atom. The summed E-state index contributed by atoms with van der Waals surface area (Å²) in [6, 6.07) is 5.39. The SMILES string of the molecule is COc1c(NC2CC(NC(=O)C3CC3)NC3NN(C)C(=O)C23)cccc1-c1nnn(C)n1. The Morgan fingerprint density at radius 1 is 1.28 bits per heavy atom. The molecular weight excluding hydrogens is 414 g/mol. The summed E-state index contributed by atoms with van der Waals surface area (Å²) in [5, 5.41) is 23.7. The van der Waals surface area contributed by atoms with Gasteiger partial charge in [0.1, 0.15) is 0 Å². The minimum absolute atomic E-state index is 0.0160. The first-order valence-electron chi connectivity index (χ1n) is 10.7. The molecule has 4 unspecified atom stereocenters. The normalized spacial score (nSPS) is 27.2. The second-order valence-electron chi connectivity index (χ2n) is 8.51. The molecule has 1 aromatic carbocycles. The number of aryl methyl sites for hydroxylation is 1. The highest BCUT2D eigenvalue weighted by Crippen LogP contribution is 2.37. The van der Waals surface area contributed by atoms with Gasteiger partial charge in [-0.1, -0.05) is 6.07 Å². The number of hydrogen-bond donors (Lipinski definition) is 4. The number of nitrogens with zero attached hydrogens (tertiary/aromatic N) is 5. The van der Waals surface area contributed by atoms with E-state index in [9.17, 15) is 9.59 Å². The third-order valence-electron chi connectivity index (χ3n) is 6.19. The van der Waals surface area contributed by atoms with Gasteiger partial charge in [0.25, 0.3) is 0 Å². The molecular formula is C20H27N9O3. The first kappa shape index (κ1) is 20.6. The van der Waals surface area contributed by atoms with E-state index in [2.05, 4.69) is 36.8 Å². The first-order chi connectivity index (χ1) is 15.4. The second kappa shape index (κ2) is 8.02. The molecule has 2 aliphatic heterocycles. The number of hydrogen-bond acceptors (Lipinski definition) is 9. The molecule has 4 N–H and O–H groups in total. The van der Waals surface area contributed by atoms with Crippen LogP contribution in [0.3, 0.4) is 0 Å². The van der Waals surface area contributed by atoms with Crippen molar-refractivity contribution in [3.05, 3.63) is 18.2 Å². The number of carbonyl (C=O) groups excluding carboxylic acids is 2. The van der Waals surface area contributed by atoms with Crippen LogP contribution in [0.4, 0.5) is 5.69 Å². The van der Waals surface area contributed by atoms with Crippen LogP contribution in [-0.2, 0) is 16.6 Å². The van der Waals surface area contributed by atoms with E-state index in [1.165, 1.54) is 9.81 Å². The number of hydrazine groups is 1. The highest BCUT2D eigenvalue weighted by molar-refractivity contribution is 5.84. The Morgan fingerprint density at radius 3 is 2.78 bits per heavy atom. The van der Waals surface area contributed by atoms with Crippen molar-refractivity contribution in [2.24, 2.45) is 18.9 Å². The zero-order valence-electron chi connectivity index (χ0n) is 18.2. The van der Waals surface area contributed by atoms with Crippen LogP contribution in [0.25, 0.3) is 11.4 Å². The average molecular weight is 441 g/mol. The molecule has 12 heteroatoms. The summed E-state index contributed by atoms with van der Waals surface area (Å²) < 4.78 is 5.70. The predicted molar refractivity (Wildman–Crippen MR) is 114 cm³/mol. The van der Waals surface area contributed by atoms with Crippen LogP contribution >= 0.6 is 0 Å². The summed E-state index contributed by atoms with van der Waals surface area (Å²) in [5.41, 5.74) is 4.57. The summed E-state index contributed by atoms with van der Waals surface area (Å²) in [5.74, 6) is 0.823. The van der Waals surface area contributed by atoms with Gasteiger partial charge in [-0.3, -0.25) is 19.9 Å². The third kappa shape index (κ3) is 3.75. The fourth-order valence-electron chi connectivity index (χ4n) is 4.47. The molecule has 0 bridgehead atoms. The van der Waals surface area contributed by atoms with Gasteiger partial charge < -0.3 is 15.4 Å². The lowest BCUT2D eigenvalue weighted by molar-refractivity contribution is -0.131. The van der Waals surface area contributed by atoms with Gasteiger partial charge in [-0.25, -0.2) is 5.43 Å². The number of fused-ring (bicyclic) bond motifs is 1. The van der Waals surface area contributed by atoms with Crippen molar-refractivity contribution in [1.82, 2.24) is 41.3 Å². The van der Waals surface area contributed by atoms with Gasteiger partial charge in [0.2, 0.25) is 17.6 Å². The van der Waals surface area contributed by atoms with E-state index in [0.29, 0.717) is 23.6 Å². The van der Waals surface area contributed by atoms with Gasteiger partial charge in [-0.05, 0) is 30.2 Å². The highest BCUT2D eigenvalue weighted by atomic mass is 16.5. The Hall–Kier alpha value is -3.25. The van der Waals surface area contributed by atoms with E-state index in [1.807, 2.05) is 18.2 Å². The van der Waals surface area contributed by atoms with E-state index in [0.717, 1.165) is 18.5 Å². The molecule has 3 aliphatic rings. The number of anilines is 1. The number of tetrazole rings is 1. The van der Waals surface area contributed by atoms with E-state index in [4.69, 9.17) is 4.74 Å². The number of amides is 2. The average Bonchev–Trinajstić information content (AvgIpc) is 3.47. The number of carbonyl (C=O) groups is 2. The van der Waals surface area contributed by atoms with Crippen LogP contribution in [0, 0.1) is 11.8 Å². The minimum Gasteiger partial charge on any atom is -0.494 e. The number of para-hydroxylation sites is 1. The molecule has 2 amide bonds. The molecule has 0 spiro atoms. The van der Waals surface area contributed by atoms with Gasteiger partial charge in [0.15, 0.2) is 5.75 Å². The van der Waals surface area contributed by atoms with Crippen molar-refractivity contribution in [3.8, 4) is 17.1 Å². The van der Waals surface area contributed by atoms with Crippen molar-refractivity contribution in [2.45, 2.75) is 37.6 Å². The van der Waals surface area contributed by atoms with E-state index >= 15 is 0 Å². The molecule has 3 heterocycles. The summed E-state index contributed by atoms with van der Waals surface area (Å²) in [4.78, 5) is 26.6. The molecule has 12 nitrogen and oxygen atoms in total. The summed E-state index contributed by atoms with van der Waals surface area (Å²) in [7, 11) is 4.99. The van der Waals surface area contributed by atoms with Crippen molar-refractivity contribution in [2.75, 3.05) is 19.5 Å². The van der Waals surface area contributed by atoms with Crippen molar-refractivity contribution in [3.63, 3.8) is 0 Å². The number of ether oxygens (including phenoxy) is 1. The molecule has 1 aromatic heterocycles. The zero-order valence-corrected chi connectivity index (χ0v) is 18.2. The standard InChI is InChI=1S/C20H27N9O3/c1-28-20(31)15-13(9-14(22-18(15)25-28)23-19(30)10-7-8-10)21-12-6-4-5-11(16(12)32-3)17-24-27-29(2)26-17/h4-6,10,13-15,18,21-22,25H,7-9H2,1-3H3,(H,23,30). The number of methoxy groups -OCH3 is 1. The molecule has 3 fully saturated rings. The molecule has 1 saturated carbocycles. The van der Waals surface area contributed by atoms with E-state index in [-0.39, 0.29) is 42.0 Å². The fourth-order valence-corrected chi connectivity index (χ4v) is 4.47. The summed E-state index contributed by atoms with van der Waals surface area (Å²) in [6.07, 6.45) is 1.86. The third-order valence-corrected chi connectivity index (χ3v) is 6.19. The smallest absolute Gasteiger partial charge is 0.244 e. The Labute approximate surface area is 185 Å². The Bertz CT molecular complexity index is 1040. The van der Waals surface area contributed by atoms with Crippen LogP contribution in [0.15, 0.2) is 18.2 Å². The zero-order chi connectivity index (χ0) is 22.4. The molecule has 4 atom stereocenters. The second-order valence-corrected chi connectivity index (χ2v) is 8.51. The Kier molecular flexibility index (Phi) is 5.18. The van der Waals surface area contributed by atoms with Crippen molar-refractivity contribution in [1.29, 1.82) is 0 Å². The number of aromatic nitrogens is 4. The van der Waals surface area contributed by atoms with Gasteiger partial charge >= 0.3 is 0 Å². The van der Waals surface area contributed by atoms with Crippen molar-refractivity contribution >= 4 is 17.5 Å². The quantitative estimate of drug-likeness (QED) is 0.464. The van der Waals surface area contributed by atoms with E-state index < -0.39 is 0 Å². The van der Waals surface area contributed by atoms with Crippen molar-refractivity contribution < 1.29 is 14.3 Å². The lowest BCUT2D eigenvalue weighted by Crippen LogP contribution is -2.63. The van der Waals surface area contributed by atoms with Crippen LogP contribution < -0.4 is 26.1 Å². The van der Waals surface area contributed by atoms with Crippen LogP contribution in [0.2, 0.25) is 0 Å². The molecule has 32 heavy (non-hydrogen) atoms. The summed E-state index contributed by atoms with van der Waals surface area (Å²) in [6.45, 7) is 0. The maximum atomic E-state index is 12.9. The van der Waals surface area contributed by atoms with Crippen LogP contribution in [0.1, 0.15) is 19.3 Å². The molecule has 2 saturated heterocycles. The first-order valence-corrected chi connectivity index (χ1v) is 10.7. The maximum absolute atomic E-state index is 12.9. The van der Waals surface area contributed by atoms with Gasteiger partial charge in [-0.2, -0.15) is 4.80 Å². The molecule has 5 rings (SSSR count). The van der Waals surface area contributed by atoms with E-state index in [1.54, 1.807) is 21.2 Å². The van der Waals surface area contributed by atoms with Crippen LogP contribution in [0.5, 0.6) is 5.75 Å². The predicted octanol–water partition coefficient (Wildman–Crippen LogP) is -0.569. The van der Waals surface area contributed by atoms with Gasteiger partial charge in [0.05, 0.1) is 43.7 Å². The number of rotatable bonds is 6. The van der Waals surface area contributed by atoms with Crippen LogP contribution in [-0.4, -0.2) is 69.6 Å². The minimum atomic E-state index is -0.350. The Balaban J connectivity index is 1.43. The highest BCUT2D eigenvalue weighted by Gasteiger charge is 2.49. The van der Waals surface area contributed by atoms with Gasteiger partial charge in [-0.15, -0.1) is 10.2 Å². The molecule has 1 aliphatic carbocycles.